The van der Waals surface area contributed by atoms with Gasteiger partial charge in [-0.15, -0.1) is 11.8 Å². The van der Waals surface area contributed by atoms with Gasteiger partial charge in [0.25, 0.3) is 5.91 Å². The molecule has 8 heteroatoms. The number of carbonyl (C=O) groups excluding carboxylic acids is 2. The molecule has 0 fully saturated rings. The lowest BCUT2D eigenvalue weighted by atomic mass is 10.1. The minimum atomic E-state index is -0.295. The Hall–Kier alpha value is -3.31. The van der Waals surface area contributed by atoms with Gasteiger partial charge in [-0.1, -0.05) is 6.92 Å². The maximum Gasteiger partial charge on any atom is 0.307 e. The second-order valence-electron chi connectivity index (χ2n) is 7.56. The van der Waals surface area contributed by atoms with Crippen LogP contribution in [0.4, 0.5) is 0 Å². The number of aromatic nitrogens is 2. The Morgan fingerprint density at radius 1 is 1.15 bits per heavy atom. The lowest BCUT2D eigenvalue weighted by Gasteiger charge is -2.21. The number of rotatable bonds is 10. The van der Waals surface area contributed by atoms with Crippen LogP contribution in [0, 0.1) is 11.3 Å². The second kappa shape index (κ2) is 11.5. The van der Waals surface area contributed by atoms with E-state index in [4.69, 9.17) is 15.0 Å². The van der Waals surface area contributed by atoms with Crippen LogP contribution in [0.3, 0.4) is 0 Å². The number of amides is 1. The number of imidazole rings is 1. The zero-order valence-corrected chi connectivity index (χ0v) is 20.0. The van der Waals surface area contributed by atoms with Crippen LogP contribution in [0.5, 0.6) is 0 Å². The monoisotopic (exact) mass is 464 g/mol. The number of carbonyl (C=O) groups is 2. The first kappa shape index (κ1) is 24.3. The Kier molecular flexibility index (Phi) is 8.50. The van der Waals surface area contributed by atoms with Crippen molar-refractivity contribution in [3.05, 3.63) is 59.4 Å². The largest absolute Gasteiger partial charge is 0.466 e. The Morgan fingerprint density at radius 2 is 1.91 bits per heavy atom. The van der Waals surface area contributed by atoms with Crippen LogP contribution < -0.4 is 0 Å². The zero-order valence-electron chi connectivity index (χ0n) is 19.2. The summed E-state index contributed by atoms with van der Waals surface area (Å²) in [5.41, 5.74) is 2.92. The SMILES string of the molecule is CCCN(CCC(=O)OCC)C(=O)c1ccc2c(c1)nc(CSc1ccc(C#N)cc1)n2C. The van der Waals surface area contributed by atoms with Gasteiger partial charge < -0.3 is 14.2 Å². The molecular formula is C25H28N4O3S. The standard InChI is InChI=1S/C25H28N4O3S/c1-4-13-29(14-12-24(30)32-5-2)25(31)19-8-11-22-21(15-19)27-23(28(22)3)17-33-20-9-6-18(16-26)7-10-20/h6-11,15H,4-5,12-14,17H2,1-3H3. The Labute approximate surface area is 198 Å². The van der Waals surface area contributed by atoms with E-state index >= 15 is 0 Å². The van der Waals surface area contributed by atoms with Gasteiger partial charge in [0, 0.05) is 30.6 Å². The molecule has 2 aromatic carbocycles. The van der Waals surface area contributed by atoms with Gasteiger partial charge in [0.1, 0.15) is 5.82 Å². The molecule has 3 aromatic rings. The van der Waals surface area contributed by atoms with Crippen LogP contribution in [-0.2, 0) is 22.3 Å². The van der Waals surface area contributed by atoms with Gasteiger partial charge in [0.15, 0.2) is 0 Å². The number of esters is 1. The van der Waals surface area contributed by atoms with Crippen LogP contribution in [0.2, 0.25) is 0 Å². The number of hydrogen-bond acceptors (Lipinski definition) is 6. The van der Waals surface area contributed by atoms with Crippen LogP contribution >= 0.6 is 11.8 Å². The summed E-state index contributed by atoms with van der Waals surface area (Å²) in [6.07, 6.45) is 0.985. The zero-order chi connectivity index (χ0) is 23.8. The van der Waals surface area contributed by atoms with Gasteiger partial charge >= 0.3 is 5.97 Å². The van der Waals surface area contributed by atoms with Crippen molar-refractivity contribution < 1.29 is 14.3 Å². The first-order chi connectivity index (χ1) is 16.0. The molecule has 3 rings (SSSR count). The van der Waals surface area contributed by atoms with Crippen molar-refractivity contribution in [1.29, 1.82) is 5.26 Å². The molecule has 0 unspecified atom stereocenters. The molecule has 0 atom stereocenters. The summed E-state index contributed by atoms with van der Waals surface area (Å²) in [5, 5.41) is 8.94. The maximum absolute atomic E-state index is 13.1. The number of hydrogen-bond donors (Lipinski definition) is 0. The number of ether oxygens (including phenoxy) is 1. The van der Waals surface area contributed by atoms with Crippen molar-refractivity contribution in [2.45, 2.75) is 37.3 Å². The van der Waals surface area contributed by atoms with E-state index in [1.807, 2.05) is 48.9 Å². The van der Waals surface area contributed by atoms with Gasteiger partial charge in [0.2, 0.25) is 0 Å². The third-order valence-electron chi connectivity index (χ3n) is 5.24. The van der Waals surface area contributed by atoms with Gasteiger partial charge in [-0.3, -0.25) is 9.59 Å². The van der Waals surface area contributed by atoms with Crippen molar-refractivity contribution in [3.8, 4) is 6.07 Å². The van der Waals surface area contributed by atoms with Gasteiger partial charge in [-0.05, 0) is 55.8 Å². The number of fused-ring (bicyclic) bond motifs is 1. The van der Waals surface area contributed by atoms with E-state index in [0.717, 1.165) is 28.2 Å². The molecule has 172 valence electrons. The van der Waals surface area contributed by atoms with E-state index in [1.165, 1.54) is 0 Å². The van der Waals surface area contributed by atoms with Crippen molar-refractivity contribution >= 4 is 34.7 Å². The van der Waals surface area contributed by atoms with Crippen LogP contribution in [0.15, 0.2) is 47.4 Å². The predicted octanol–water partition coefficient (Wildman–Crippen LogP) is 4.54. The van der Waals surface area contributed by atoms with Gasteiger partial charge in [-0.25, -0.2) is 4.98 Å². The first-order valence-corrected chi connectivity index (χ1v) is 12.0. The molecule has 1 aromatic heterocycles. The molecule has 0 aliphatic rings. The lowest BCUT2D eigenvalue weighted by molar-refractivity contribution is -0.143. The third kappa shape index (κ3) is 6.14. The van der Waals surface area contributed by atoms with E-state index in [0.29, 0.717) is 36.6 Å². The Balaban J connectivity index is 1.74. The smallest absolute Gasteiger partial charge is 0.307 e. The van der Waals surface area contributed by atoms with E-state index < -0.39 is 0 Å². The second-order valence-corrected chi connectivity index (χ2v) is 8.61. The summed E-state index contributed by atoms with van der Waals surface area (Å²) in [5.74, 6) is 1.16. The molecule has 0 aliphatic heterocycles. The number of thioether (sulfide) groups is 1. The predicted molar refractivity (Wildman–Crippen MR) is 129 cm³/mol. The average Bonchev–Trinajstić information content (AvgIpc) is 3.15. The summed E-state index contributed by atoms with van der Waals surface area (Å²) in [6, 6.07) is 15.2. The van der Waals surface area contributed by atoms with Crippen molar-refractivity contribution in [1.82, 2.24) is 14.5 Å². The minimum absolute atomic E-state index is 0.109. The number of nitriles is 1. The van der Waals surface area contributed by atoms with Gasteiger partial charge in [0.05, 0.1) is 41.4 Å². The lowest BCUT2D eigenvalue weighted by Crippen LogP contribution is -2.34. The molecule has 0 N–H and O–H groups in total. The number of nitrogens with zero attached hydrogens (tertiary/aromatic N) is 4. The highest BCUT2D eigenvalue weighted by Gasteiger charge is 2.18. The normalized spacial score (nSPS) is 10.7. The maximum atomic E-state index is 13.1. The number of aryl methyl sites for hydroxylation is 1. The fourth-order valence-corrected chi connectivity index (χ4v) is 4.39. The fourth-order valence-electron chi connectivity index (χ4n) is 3.51. The van der Waals surface area contributed by atoms with Crippen molar-refractivity contribution in [2.24, 2.45) is 7.05 Å². The summed E-state index contributed by atoms with van der Waals surface area (Å²) in [7, 11) is 1.97. The first-order valence-electron chi connectivity index (χ1n) is 11.0. The molecule has 0 spiro atoms. The highest BCUT2D eigenvalue weighted by molar-refractivity contribution is 7.98. The van der Waals surface area contributed by atoms with E-state index in [9.17, 15) is 9.59 Å². The van der Waals surface area contributed by atoms with Crippen LogP contribution in [0.1, 0.15) is 48.4 Å². The van der Waals surface area contributed by atoms with Crippen molar-refractivity contribution in [3.63, 3.8) is 0 Å². The number of benzene rings is 2. The summed E-state index contributed by atoms with van der Waals surface area (Å²) in [4.78, 5) is 32.4. The summed E-state index contributed by atoms with van der Waals surface area (Å²) >= 11 is 1.65. The quantitative estimate of drug-likeness (QED) is 0.323. The van der Waals surface area contributed by atoms with Gasteiger partial charge in [-0.2, -0.15) is 5.26 Å². The molecule has 0 bridgehead atoms. The molecule has 1 heterocycles. The van der Waals surface area contributed by atoms with Crippen LogP contribution in [0.25, 0.3) is 11.0 Å². The van der Waals surface area contributed by atoms with Crippen molar-refractivity contribution in [2.75, 3.05) is 19.7 Å². The van der Waals surface area contributed by atoms with Crippen LogP contribution in [-0.4, -0.2) is 46.0 Å². The molecule has 0 aliphatic carbocycles. The Bertz CT molecular complexity index is 1160. The highest BCUT2D eigenvalue weighted by Crippen LogP contribution is 2.25. The molecular weight excluding hydrogens is 436 g/mol. The van der Waals surface area contributed by atoms with E-state index in [1.54, 1.807) is 35.7 Å². The topological polar surface area (TPSA) is 88.2 Å². The summed E-state index contributed by atoms with van der Waals surface area (Å²) < 4.78 is 7.02. The fraction of sp³-hybridized carbons (Fsp3) is 0.360. The molecule has 7 nitrogen and oxygen atoms in total. The third-order valence-corrected chi connectivity index (χ3v) is 6.25. The minimum Gasteiger partial charge on any atom is -0.466 e. The molecule has 33 heavy (non-hydrogen) atoms. The average molecular weight is 465 g/mol. The highest BCUT2D eigenvalue weighted by atomic mass is 32.2. The molecule has 0 saturated carbocycles. The van der Waals surface area contributed by atoms with E-state index in [2.05, 4.69) is 6.07 Å². The van der Waals surface area contributed by atoms with E-state index in [-0.39, 0.29) is 18.3 Å². The molecule has 1 amide bonds. The molecule has 0 radical (unpaired) electrons. The Morgan fingerprint density at radius 3 is 2.58 bits per heavy atom. The molecule has 0 saturated heterocycles. The summed E-state index contributed by atoms with van der Waals surface area (Å²) in [6.45, 7) is 5.02.